The summed E-state index contributed by atoms with van der Waals surface area (Å²) in [6.45, 7) is 7.82. The Morgan fingerprint density at radius 3 is 2.60 bits per heavy atom. The van der Waals surface area contributed by atoms with Gasteiger partial charge in [0.25, 0.3) is 0 Å². The highest BCUT2D eigenvalue weighted by Gasteiger charge is 2.51. The van der Waals surface area contributed by atoms with Gasteiger partial charge in [-0.2, -0.15) is 0 Å². The molecular weight excluding hydrogens is 188 g/mol. The molecule has 2 nitrogen and oxygen atoms in total. The molecule has 15 heavy (non-hydrogen) atoms. The molecule has 1 unspecified atom stereocenters. The molecule has 86 valence electrons. The summed E-state index contributed by atoms with van der Waals surface area (Å²) < 4.78 is 5.49. The van der Waals surface area contributed by atoms with Crippen molar-refractivity contribution in [1.82, 2.24) is 0 Å². The fraction of sp³-hybridized carbons (Fsp3) is 0.769. The van der Waals surface area contributed by atoms with Crippen LogP contribution >= 0.6 is 0 Å². The van der Waals surface area contributed by atoms with E-state index in [1.165, 1.54) is 25.3 Å². The smallest absolute Gasteiger partial charge is 0.330 e. The molecule has 0 N–H and O–H groups in total. The Kier molecular flexibility index (Phi) is 4.37. The van der Waals surface area contributed by atoms with E-state index in [1.807, 2.05) is 0 Å². The van der Waals surface area contributed by atoms with Gasteiger partial charge in [0.05, 0.1) is 0 Å². The van der Waals surface area contributed by atoms with E-state index in [0.717, 1.165) is 19.3 Å². The monoisotopic (exact) mass is 210 g/mol. The van der Waals surface area contributed by atoms with Crippen LogP contribution in [0.1, 0.15) is 52.4 Å². The average Bonchev–Trinajstić information content (AvgIpc) is 3.00. The number of carbonyl (C=O) groups excluding carboxylic acids is 1. The summed E-state index contributed by atoms with van der Waals surface area (Å²) in [5.41, 5.74) is -0.130. The van der Waals surface area contributed by atoms with Crippen LogP contribution in [0.25, 0.3) is 0 Å². The molecule has 0 aromatic carbocycles. The lowest BCUT2D eigenvalue weighted by Crippen LogP contribution is -2.28. The molecule has 0 aliphatic heterocycles. The van der Waals surface area contributed by atoms with E-state index in [0.29, 0.717) is 5.92 Å². The highest BCUT2D eigenvalue weighted by molar-refractivity contribution is 5.81. The standard InChI is InChI=1S/C13H22O2/c1-4-7-8-11(5-2)13(9-10-13)15-12(14)6-3/h6,11H,3-5,7-10H2,1-2H3. The Balaban J connectivity index is 2.50. The minimum atomic E-state index is -0.262. The maximum atomic E-state index is 11.2. The van der Waals surface area contributed by atoms with Crippen molar-refractivity contribution in [2.75, 3.05) is 0 Å². The lowest BCUT2D eigenvalue weighted by molar-refractivity contribution is -0.148. The largest absolute Gasteiger partial charge is 0.456 e. The fourth-order valence-electron chi connectivity index (χ4n) is 2.25. The maximum Gasteiger partial charge on any atom is 0.330 e. The van der Waals surface area contributed by atoms with Gasteiger partial charge in [-0.15, -0.1) is 0 Å². The van der Waals surface area contributed by atoms with Crippen molar-refractivity contribution in [3.8, 4) is 0 Å². The third-order valence-electron chi connectivity index (χ3n) is 3.36. The minimum absolute atomic E-state index is 0.130. The molecule has 0 amide bonds. The van der Waals surface area contributed by atoms with Crippen LogP contribution in [0.5, 0.6) is 0 Å². The van der Waals surface area contributed by atoms with Gasteiger partial charge in [0, 0.05) is 6.08 Å². The van der Waals surface area contributed by atoms with Gasteiger partial charge in [0.1, 0.15) is 5.60 Å². The molecule has 2 heteroatoms. The van der Waals surface area contributed by atoms with Gasteiger partial charge in [-0.3, -0.25) is 0 Å². The summed E-state index contributed by atoms with van der Waals surface area (Å²) in [4.78, 5) is 11.2. The van der Waals surface area contributed by atoms with Gasteiger partial charge >= 0.3 is 5.97 Å². The second-order valence-electron chi connectivity index (χ2n) is 4.44. The fourth-order valence-corrected chi connectivity index (χ4v) is 2.25. The van der Waals surface area contributed by atoms with Crippen LogP contribution in [0.4, 0.5) is 0 Å². The van der Waals surface area contributed by atoms with Crippen LogP contribution in [-0.4, -0.2) is 11.6 Å². The van der Waals surface area contributed by atoms with Gasteiger partial charge in [-0.25, -0.2) is 4.79 Å². The van der Waals surface area contributed by atoms with Gasteiger partial charge < -0.3 is 4.74 Å². The predicted molar refractivity (Wildman–Crippen MR) is 61.6 cm³/mol. The number of unbranched alkanes of at least 4 members (excludes halogenated alkanes) is 1. The molecule has 1 saturated carbocycles. The lowest BCUT2D eigenvalue weighted by Gasteiger charge is -2.25. The molecule has 0 heterocycles. The third kappa shape index (κ3) is 3.08. The topological polar surface area (TPSA) is 26.3 Å². The van der Waals surface area contributed by atoms with Crippen LogP contribution in [0.3, 0.4) is 0 Å². The van der Waals surface area contributed by atoms with Crippen LogP contribution in [0, 0.1) is 5.92 Å². The zero-order valence-electron chi connectivity index (χ0n) is 9.92. The number of hydrogen-bond acceptors (Lipinski definition) is 2. The molecule has 0 radical (unpaired) electrons. The molecular formula is C13H22O2. The molecule has 1 aliphatic carbocycles. The van der Waals surface area contributed by atoms with Crippen molar-refractivity contribution >= 4 is 5.97 Å². The van der Waals surface area contributed by atoms with E-state index >= 15 is 0 Å². The number of hydrogen-bond donors (Lipinski definition) is 0. The Morgan fingerprint density at radius 1 is 1.53 bits per heavy atom. The summed E-state index contributed by atoms with van der Waals surface area (Å²) in [5.74, 6) is 0.281. The summed E-state index contributed by atoms with van der Waals surface area (Å²) in [7, 11) is 0. The number of carbonyl (C=O) groups is 1. The summed E-state index contributed by atoms with van der Waals surface area (Å²) >= 11 is 0. The molecule has 0 aromatic heterocycles. The van der Waals surface area contributed by atoms with E-state index in [-0.39, 0.29) is 11.6 Å². The molecule has 1 aliphatic rings. The first-order valence-corrected chi connectivity index (χ1v) is 6.04. The van der Waals surface area contributed by atoms with Gasteiger partial charge in [0.15, 0.2) is 0 Å². The molecule has 0 saturated heterocycles. The molecule has 0 spiro atoms. The zero-order chi connectivity index (χ0) is 11.3. The van der Waals surface area contributed by atoms with Crippen molar-refractivity contribution in [3.63, 3.8) is 0 Å². The van der Waals surface area contributed by atoms with E-state index in [2.05, 4.69) is 20.4 Å². The summed E-state index contributed by atoms with van der Waals surface area (Å²) in [5, 5.41) is 0. The molecule has 0 bridgehead atoms. The first-order chi connectivity index (χ1) is 7.18. The Hall–Kier alpha value is -0.790. The molecule has 1 rings (SSSR count). The van der Waals surface area contributed by atoms with E-state index < -0.39 is 0 Å². The van der Waals surface area contributed by atoms with Gasteiger partial charge in [-0.05, 0) is 31.6 Å². The molecule has 1 atom stereocenters. The van der Waals surface area contributed by atoms with E-state index in [9.17, 15) is 4.79 Å². The van der Waals surface area contributed by atoms with Crippen molar-refractivity contribution < 1.29 is 9.53 Å². The minimum Gasteiger partial charge on any atom is -0.456 e. The quantitative estimate of drug-likeness (QED) is 0.475. The lowest BCUT2D eigenvalue weighted by atomic mass is 9.91. The first-order valence-electron chi connectivity index (χ1n) is 6.04. The van der Waals surface area contributed by atoms with E-state index in [4.69, 9.17) is 4.74 Å². The summed E-state index contributed by atoms with van der Waals surface area (Å²) in [6.07, 6.45) is 8.06. The number of rotatable bonds is 7. The maximum absolute atomic E-state index is 11.2. The van der Waals surface area contributed by atoms with Crippen LogP contribution < -0.4 is 0 Å². The molecule has 1 fully saturated rings. The van der Waals surface area contributed by atoms with Crippen LogP contribution in [0.15, 0.2) is 12.7 Å². The van der Waals surface area contributed by atoms with Crippen LogP contribution in [-0.2, 0) is 9.53 Å². The van der Waals surface area contributed by atoms with Crippen molar-refractivity contribution in [2.24, 2.45) is 5.92 Å². The Bertz CT molecular complexity index is 229. The second-order valence-corrected chi connectivity index (χ2v) is 4.44. The first kappa shape index (κ1) is 12.3. The summed E-state index contributed by atoms with van der Waals surface area (Å²) in [6, 6.07) is 0. The Morgan fingerprint density at radius 2 is 2.20 bits per heavy atom. The van der Waals surface area contributed by atoms with Crippen molar-refractivity contribution in [2.45, 2.75) is 58.0 Å². The highest BCUT2D eigenvalue weighted by atomic mass is 16.6. The van der Waals surface area contributed by atoms with Crippen molar-refractivity contribution in [1.29, 1.82) is 0 Å². The normalized spacial score (nSPS) is 19.3. The zero-order valence-corrected chi connectivity index (χ0v) is 9.92. The van der Waals surface area contributed by atoms with Crippen LogP contribution in [0.2, 0.25) is 0 Å². The number of ether oxygens (including phenoxy) is 1. The van der Waals surface area contributed by atoms with E-state index in [1.54, 1.807) is 0 Å². The predicted octanol–water partition coefficient (Wildman–Crippen LogP) is 3.46. The molecule has 0 aromatic rings. The van der Waals surface area contributed by atoms with Crippen molar-refractivity contribution in [3.05, 3.63) is 12.7 Å². The SMILES string of the molecule is C=CC(=O)OC1(C(CC)CCCC)CC1. The average molecular weight is 210 g/mol. The number of esters is 1. The third-order valence-corrected chi connectivity index (χ3v) is 3.36. The van der Waals surface area contributed by atoms with Gasteiger partial charge in [0.2, 0.25) is 0 Å². The van der Waals surface area contributed by atoms with Gasteiger partial charge in [-0.1, -0.05) is 33.3 Å². The second kappa shape index (κ2) is 5.34. The highest BCUT2D eigenvalue weighted by Crippen LogP contribution is 2.49. The Labute approximate surface area is 92.7 Å².